The van der Waals surface area contributed by atoms with Gasteiger partial charge in [-0.05, 0) is 18.6 Å². The molecule has 0 radical (unpaired) electrons. The normalized spacial score (nSPS) is 14.6. The van der Waals surface area contributed by atoms with E-state index in [1.807, 2.05) is 36.4 Å². The highest BCUT2D eigenvalue weighted by Gasteiger charge is 2.27. The summed E-state index contributed by atoms with van der Waals surface area (Å²) in [6, 6.07) is 16.3. The van der Waals surface area contributed by atoms with E-state index in [-0.39, 0.29) is 12.1 Å². The van der Waals surface area contributed by atoms with Gasteiger partial charge in [-0.1, -0.05) is 49.2 Å². The van der Waals surface area contributed by atoms with Crippen molar-refractivity contribution < 1.29 is 4.74 Å². The van der Waals surface area contributed by atoms with Crippen LogP contribution in [0.25, 0.3) is 0 Å². The molecule has 100 valence electrons. The Bertz CT molecular complexity index is 611. The number of hydrogen-bond donors (Lipinski definition) is 1. The van der Waals surface area contributed by atoms with E-state index >= 15 is 0 Å². The average molecular weight is 263 g/mol. The van der Waals surface area contributed by atoms with E-state index < -0.39 is 0 Å². The maximum Gasteiger partial charge on any atom is 0.132 e. The third-order valence-electron chi connectivity index (χ3n) is 3.66. The van der Waals surface area contributed by atoms with E-state index in [4.69, 9.17) is 11.2 Å². The molecule has 1 heterocycles. The molecule has 0 aromatic heterocycles. The van der Waals surface area contributed by atoms with Crippen LogP contribution in [-0.4, -0.2) is 6.04 Å². The molecule has 1 atom stereocenters. The molecule has 3 rings (SSSR count). The molecule has 0 aliphatic carbocycles. The summed E-state index contributed by atoms with van der Waals surface area (Å²) in [4.78, 5) is 0. The lowest BCUT2D eigenvalue weighted by Gasteiger charge is -2.30. The lowest BCUT2D eigenvalue weighted by Crippen LogP contribution is -2.33. The minimum atomic E-state index is 0.0548. The van der Waals surface area contributed by atoms with Crippen molar-refractivity contribution in [1.82, 2.24) is 5.32 Å². The molecular weight excluding hydrogens is 246 g/mol. The van der Waals surface area contributed by atoms with Crippen molar-refractivity contribution in [1.29, 1.82) is 0 Å². The van der Waals surface area contributed by atoms with Crippen LogP contribution in [-0.2, 0) is 0 Å². The molecule has 2 nitrogen and oxygen atoms in total. The molecule has 0 saturated heterocycles. The molecule has 0 fully saturated rings. The standard InChI is InChI=1S/C18H17NO/c1-3-13(4-2)19-18-14-9-5-7-11-16(14)20-17-12-8-6-10-15(17)18/h1,5-13,18-19H,4H2,2H3. The monoisotopic (exact) mass is 263 g/mol. The molecule has 0 bridgehead atoms. The molecule has 1 unspecified atom stereocenters. The predicted octanol–water partition coefficient (Wildman–Crippen LogP) is 3.88. The van der Waals surface area contributed by atoms with Gasteiger partial charge in [-0.3, -0.25) is 5.32 Å². The topological polar surface area (TPSA) is 21.3 Å². The molecule has 2 aromatic rings. The summed E-state index contributed by atoms with van der Waals surface area (Å²) >= 11 is 0. The van der Waals surface area contributed by atoms with Gasteiger partial charge in [0.05, 0.1) is 12.1 Å². The number of terminal acetylenes is 1. The van der Waals surface area contributed by atoms with Crippen LogP contribution in [0.3, 0.4) is 0 Å². The largest absolute Gasteiger partial charge is 0.457 e. The molecule has 1 N–H and O–H groups in total. The minimum Gasteiger partial charge on any atom is -0.457 e. The highest BCUT2D eigenvalue weighted by atomic mass is 16.5. The van der Waals surface area contributed by atoms with Gasteiger partial charge in [0.2, 0.25) is 0 Å². The first kappa shape index (κ1) is 12.8. The zero-order valence-electron chi connectivity index (χ0n) is 11.5. The number of para-hydroxylation sites is 2. The zero-order chi connectivity index (χ0) is 13.9. The number of nitrogens with one attached hydrogen (secondary N) is 1. The first-order chi connectivity index (χ1) is 9.83. The van der Waals surface area contributed by atoms with Crippen LogP contribution in [0.2, 0.25) is 0 Å². The van der Waals surface area contributed by atoms with Crippen molar-refractivity contribution in [2.24, 2.45) is 0 Å². The van der Waals surface area contributed by atoms with E-state index in [2.05, 4.69) is 30.3 Å². The zero-order valence-corrected chi connectivity index (χ0v) is 11.5. The minimum absolute atomic E-state index is 0.0548. The fourth-order valence-electron chi connectivity index (χ4n) is 2.57. The van der Waals surface area contributed by atoms with Gasteiger partial charge in [-0.2, -0.15) is 0 Å². The van der Waals surface area contributed by atoms with Gasteiger partial charge in [-0.25, -0.2) is 0 Å². The second-order valence-corrected chi connectivity index (χ2v) is 4.90. The van der Waals surface area contributed by atoms with E-state index in [9.17, 15) is 0 Å². The Morgan fingerprint density at radius 3 is 2.15 bits per heavy atom. The van der Waals surface area contributed by atoms with Gasteiger partial charge in [-0.15, -0.1) is 6.42 Å². The van der Waals surface area contributed by atoms with E-state index in [1.165, 1.54) is 0 Å². The Balaban J connectivity index is 2.06. The second kappa shape index (κ2) is 5.40. The number of fused-ring (bicyclic) bond motifs is 2. The van der Waals surface area contributed by atoms with Gasteiger partial charge in [0.25, 0.3) is 0 Å². The summed E-state index contributed by atoms with van der Waals surface area (Å²) in [6.07, 6.45) is 6.50. The highest BCUT2D eigenvalue weighted by molar-refractivity contribution is 5.53. The number of hydrogen-bond acceptors (Lipinski definition) is 2. The summed E-state index contributed by atoms with van der Waals surface area (Å²) in [5, 5.41) is 3.55. The van der Waals surface area contributed by atoms with Crippen LogP contribution >= 0.6 is 0 Å². The number of benzene rings is 2. The summed E-state index contributed by atoms with van der Waals surface area (Å²) in [7, 11) is 0. The molecule has 0 saturated carbocycles. The van der Waals surface area contributed by atoms with Crippen LogP contribution in [0.4, 0.5) is 0 Å². The second-order valence-electron chi connectivity index (χ2n) is 4.90. The van der Waals surface area contributed by atoms with Gasteiger partial charge in [0.15, 0.2) is 0 Å². The molecule has 20 heavy (non-hydrogen) atoms. The first-order valence-corrected chi connectivity index (χ1v) is 6.91. The first-order valence-electron chi connectivity index (χ1n) is 6.91. The van der Waals surface area contributed by atoms with Crippen LogP contribution in [0, 0.1) is 12.3 Å². The van der Waals surface area contributed by atoms with Gasteiger partial charge < -0.3 is 4.74 Å². The Kier molecular flexibility index (Phi) is 3.45. The summed E-state index contributed by atoms with van der Waals surface area (Å²) < 4.78 is 5.96. The smallest absolute Gasteiger partial charge is 0.132 e. The van der Waals surface area contributed by atoms with Crippen molar-refractivity contribution in [3.05, 3.63) is 59.7 Å². The lowest BCUT2D eigenvalue weighted by atomic mass is 9.93. The van der Waals surface area contributed by atoms with Crippen LogP contribution in [0.1, 0.15) is 30.5 Å². The molecule has 2 aromatic carbocycles. The number of rotatable bonds is 3. The van der Waals surface area contributed by atoms with Crippen LogP contribution < -0.4 is 10.1 Å². The third kappa shape index (κ3) is 2.17. The Labute approximate surface area is 119 Å². The molecule has 2 heteroatoms. The molecular formula is C18H17NO. The van der Waals surface area contributed by atoms with E-state index in [1.54, 1.807) is 0 Å². The van der Waals surface area contributed by atoms with E-state index in [0.717, 1.165) is 29.0 Å². The van der Waals surface area contributed by atoms with Gasteiger partial charge in [0, 0.05) is 11.1 Å². The maximum atomic E-state index is 5.96. The SMILES string of the molecule is C#CC(CC)NC1c2ccccc2Oc2ccccc21. The van der Waals surface area contributed by atoms with Crippen molar-refractivity contribution in [2.45, 2.75) is 25.4 Å². The molecule has 1 aliphatic heterocycles. The van der Waals surface area contributed by atoms with Crippen molar-refractivity contribution in [3.63, 3.8) is 0 Å². The summed E-state index contributed by atoms with van der Waals surface area (Å²) in [5.74, 6) is 4.61. The molecule has 0 amide bonds. The van der Waals surface area contributed by atoms with Crippen LogP contribution in [0.15, 0.2) is 48.5 Å². The Morgan fingerprint density at radius 2 is 1.65 bits per heavy atom. The summed E-state index contributed by atoms with van der Waals surface area (Å²) in [5.41, 5.74) is 2.28. The maximum absolute atomic E-state index is 5.96. The van der Waals surface area contributed by atoms with Gasteiger partial charge >= 0.3 is 0 Å². The van der Waals surface area contributed by atoms with Crippen molar-refractivity contribution in [2.75, 3.05) is 0 Å². The summed E-state index contributed by atoms with van der Waals surface area (Å²) in [6.45, 7) is 2.09. The van der Waals surface area contributed by atoms with E-state index in [0.29, 0.717) is 0 Å². The third-order valence-corrected chi connectivity index (χ3v) is 3.66. The lowest BCUT2D eigenvalue weighted by molar-refractivity contribution is 0.418. The molecule has 1 aliphatic rings. The fraction of sp³-hybridized carbons (Fsp3) is 0.222. The number of ether oxygens (including phenoxy) is 1. The fourth-order valence-corrected chi connectivity index (χ4v) is 2.57. The van der Waals surface area contributed by atoms with Gasteiger partial charge in [0.1, 0.15) is 11.5 Å². The predicted molar refractivity (Wildman–Crippen MR) is 80.8 cm³/mol. The molecule has 0 spiro atoms. The van der Waals surface area contributed by atoms with Crippen molar-refractivity contribution >= 4 is 0 Å². The Morgan fingerprint density at radius 1 is 1.10 bits per heavy atom. The van der Waals surface area contributed by atoms with Crippen LogP contribution in [0.5, 0.6) is 11.5 Å². The van der Waals surface area contributed by atoms with Crippen molar-refractivity contribution in [3.8, 4) is 23.8 Å². The average Bonchev–Trinajstić information content (AvgIpc) is 2.51. The highest BCUT2D eigenvalue weighted by Crippen LogP contribution is 2.42. The Hall–Kier alpha value is -2.24. The quantitative estimate of drug-likeness (QED) is 0.848.